The maximum absolute atomic E-state index is 12.5. The number of hydrogen-bond acceptors (Lipinski definition) is 4. The van der Waals surface area contributed by atoms with Crippen LogP contribution in [0.5, 0.6) is 5.75 Å². The molecule has 1 aliphatic heterocycles. The molecule has 24 heavy (non-hydrogen) atoms. The molecule has 2 aromatic heterocycles. The van der Waals surface area contributed by atoms with Crippen LogP contribution in [0.15, 0.2) is 42.9 Å². The van der Waals surface area contributed by atoms with Crippen LogP contribution in [-0.4, -0.2) is 40.0 Å². The highest BCUT2D eigenvalue weighted by Crippen LogP contribution is 2.27. The summed E-state index contributed by atoms with van der Waals surface area (Å²) in [5.41, 5.74) is -0.882. The van der Waals surface area contributed by atoms with Crippen molar-refractivity contribution in [3.05, 3.63) is 54.1 Å². The third-order valence-corrected chi connectivity index (χ3v) is 3.69. The van der Waals surface area contributed by atoms with Gasteiger partial charge in [0, 0.05) is 31.6 Å². The number of amides is 1. The van der Waals surface area contributed by atoms with Gasteiger partial charge in [-0.15, -0.1) is 0 Å². The number of alkyl halides is 3. The fourth-order valence-corrected chi connectivity index (χ4v) is 2.49. The van der Waals surface area contributed by atoms with Gasteiger partial charge in [0.05, 0.1) is 12.1 Å². The zero-order valence-corrected chi connectivity index (χ0v) is 12.5. The summed E-state index contributed by atoms with van der Waals surface area (Å²) in [4.78, 5) is 21.1. The first-order valence-electron chi connectivity index (χ1n) is 7.33. The Bertz CT molecular complexity index is 705. The lowest BCUT2D eigenvalue weighted by Crippen LogP contribution is -2.31. The summed E-state index contributed by atoms with van der Waals surface area (Å²) < 4.78 is 43.3. The van der Waals surface area contributed by atoms with E-state index in [2.05, 4.69) is 9.97 Å². The Morgan fingerprint density at radius 3 is 2.58 bits per heavy atom. The lowest BCUT2D eigenvalue weighted by Gasteiger charge is -2.17. The Balaban J connectivity index is 1.62. The third-order valence-electron chi connectivity index (χ3n) is 3.69. The SMILES string of the molecule is O=C(c1ccc(C(F)(F)F)nc1)N1CCC(Oc2ccncc2)C1. The lowest BCUT2D eigenvalue weighted by molar-refractivity contribution is -0.141. The van der Waals surface area contributed by atoms with Crippen LogP contribution in [-0.2, 0) is 6.18 Å². The van der Waals surface area contributed by atoms with E-state index in [1.54, 1.807) is 29.4 Å². The number of carbonyl (C=O) groups excluding carboxylic acids is 1. The van der Waals surface area contributed by atoms with Crippen LogP contribution in [0.1, 0.15) is 22.5 Å². The highest BCUT2D eigenvalue weighted by molar-refractivity contribution is 5.94. The Morgan fingerprint density at radius 2 is 1.96 bits per heavy atom. The molecule has 1 unspecified atom stereocenters. The van der Waals surface area contributed by atoms with Crippen molar-refractivity contribution in [2.75, 3.05) is 13.1 Å². The topological polar surface area (TPSA) is 55.3 Å². The minimum absolute atomic E-state index is 0.132. The molecule has 1 fully saturated rings. The van der Waals surface area contributed by atoms with E-state index < -0.39 is 11.9 Å². The van der Waals surface area contributed by atoms with Crippen molar-refractivity contribution in [3.63, 3.8) is 0 Å². The number of ether oxygens (including phenoxy) is 1. The molecule has 3 rings (SSSR count). The number of carbonyl (C=O) groups is 1. The zero-order valence-electron chi connectivity index (χ0n) is 12.5. The van der Waals surface area contributed by atoms with Crippen molar-refractivity contribution in [1.29, 1.82) is 0 Å². The van der Waals surface area contributed by atoms with E-state index in [4.69, 9.17) is 4.74 Å². The van der Waals surface area contributed by atoms with Crippen molar-refractivity contribution >= 4 is 5.91 Å². The molecule has 0 radical (unpaired) electrons. The molecule has 0 N–H and O–H groups in total. The largest absolute Gasteiger partial charge is 0.488 e. The number of rotatable bonds is 3. The molecule has 5 nitrogen and oxygen atoms in total. The van der Waals surface area contributed by atoms with Gasteiger partial charge in [0.15, 0.2) is 0 Å². The van der Waals surface area contributed by atoms with E-state index in [1.807, 2.05) is 0 Å². The maximum Gasteiger partial charge on any atom is 0.433 e. The summed E-state index contributed by atoms with van der Waals surface area (Å²) in [5, 5.41) is 0. The van der Waals surface area contributed by atoms with Crippen molar-refractivity contribution in [1.82, 2.24) is 14.9 Å². The van der Waals surface area contributed by atoms with Crippen molar-refractivity contribution in [2.45, 2.75) is 18.7 Å². The number of hydrogen-bond donors (Lipinski definition) is 0. The average molecular weight is 337 g/mol. The van der Waals surface area contributed by atoms with E-state index in [0.717, 1.165) is 18.3 Å². The van der Waals surface area contributed by atoms with Crippen LogP contribution >= 0.6 is 0 Å². The molecule has 8 heteroatoms. The van der Waals surface area contributed by atoms with Crippen LogP contribution in [0, 0.1) is 0 Å². The lowest BCUT2D eigenvalue weighted by atomic mass is 10.2. The molecule has 1 amide bonds. The number of aromatic nitrogens is 2. The maximum atomic E-state index is 12.5. The van der Waals surface area contributed by atoms with Gasteiger partial charge in [-0.1, -0.05) is 0 Å². The van der Waals surface area contributed by atoms with Crippen LogP contribution in [0.25, 0.3) is 0 Å². The van der Waals surface area contributed by atoms with Gasteiger partial charge in [-0.3, -0.25) is 14.8 Å². The Morgan fingerprint density at radius 1 is 1.21 bits per heavy atom. The molecule has 0 spiro atoms. The molecule has 3 heterocycles. The molecule has 0 bridgehead atoms. The number of likely N-dealkylation sites (tertiary alicyclic amines) is 1. The summed E-state index contributed by atoms with van der Waals surface area (Å²) in [6.45, 7) is 0.859. The first-order valence-corrected chi connectivity index (χ1v) is 7.33. The summed E-state index contributed by atoms with van der Waals surface area (Å²) in [6.07, 6.45) is 0.171. The summed E-state index contributed by atoms with van der Waals surface area (Å²) >= 11 is 0. The molecular weight excluding hydrogens is 323 g/mol. The van der Waals surface area contributed by atoms with Gasteiger partial charge in [0.2, 0.25) is 0 Å². The predicted octanol–water partition coefficient (Wildman–Crippen LogP) is 2.79. The standard InChI is InChI=1S/C16H14F3N3O2/c17-16(18,19)14-2-1-11(9-21-14)15(23)22-8-5-13(10-22)24-12-3-6-20-7-4-12/h1-4,6-7,9,13H,5,8,10H2. The monoisotopic (exact) mass is 337 g/mol. The first-order chi connectivity index (χ1) is 11.4. The van der Waals surface area contributed by atoms with Gasteiger partial charge in [-0.05, 0) is 24.3 Å². The normalized spacial score (nSPS) is 17.8. The highest BCUT2D eigenvalue weighted by atomic mass is 19.4. The van der Waals surface area contributed by atoms with Crippen LogP contribution in [0.2, 0.25) is 0 Å². The highest BCUT2D eigenvalue weighted by Gasteiger charge is 2.33. The first kappa shape index (κ1) is 16.2. The predicted molar refractivity (Wildman–Crippen MR) is 78.4 cm³/mol. The van der Waals surface area contributed by atoms with Crippen LogP contribution in [0.3, 0.4) is 0 Å². The molecule has 126 valence electrons. The van der Waals surface area contributed by atoms with Crippen molar-refractivity contribution in [2.24, 2.45) is 0 Å². The fraction of sp³-hybridized carbons (Fsp3) is 0.312. The van der Waals surface area contributed by atoms with E-state index in [1.165, 1.54) is 0 Å². The van der Waals surface area contributed by atoms with Gasteiger partial charge in [-0.25, -0.2) is 0 Å². The Labute approximate surface area is 136 Å². The fourth-order valence-electron chi connectivity index (χ4n) is 2.49. The molecule has 0 aliphatic carbocycles. The zero-order chi connectivity index (χ0) is 17.2. The van der Waals surface area contributed by atoms with Gasteiger partial charge in [0.25, 0.3) is 5.91 Å². The van der Waals surface area contributed by atoms with Crippen LogP contribution in [0.4, 0.5) is 13.2 Å². The molecule has 2 aromatic rings. The molecule has 1 saturated heterocycles. The van der Waals surface area contributed by atoms with Gasteiger partial charge >= 0.3 is 6.18 Å². The smallest absolute Gasteiger partial charge is 0.433 e. The van der Waals surface area contributed by atoms with Gasteiger partial charge in [-0.2, -0.15) is 13.2 Å². The van der Waals surface area contributed by atoms with Gasteiger partial charge in [0.1, 0.15) is 17.5 Å². The summed E-state index contributed by atoms with van der Waals surface area (Å²) in [7, 11) is 0. The van der Waals surface area contributed by atoms with E-state index >= 15 is 0 Å². The second-order valence-electron chi connectivity index (χ2n) is 5.39. The molecule has 0 aromatic carbocycles. The van der Waals surface area contributed by atoms with E-state index in [0.29, 0.717) is 25.3 Å². The molecule has 1 atom stereocenters. The summed E-state index contributed by atoms with van der Waals surface area (Å²) in [6, 6.07) is 5.41. The summed E-state index contributed by atoms with van der Waals surface area (Å²) in [5.74, 6) is 0.317. The van der Waals surface area contributed by atoms with Gasteiger partial charge < -0.3 is 9.64 Å². The van der Waals surface area contributed by atoms with Crippen LogP contribution < -0.4 is 4.74 Å². The van der Waals surface area contributed by atoms with E-state index in [-0.39, 0.29) is 17.6 Å². The number of nitrogens with zero attached hydrogens (tertiary/aromatic N) is 3. The minimum Gasteiger partial charge on any atom is -0.488 e. The van der Waals surface area contributed by atoms with Crippen molar-refractivity contribution < 1.29 is 22.7 Å². The average Bonchev–Trinajstić information content (AvgIpc) is 3.03. The molecule has 0 saturated carbocycles. The minimum atomic E-state index is -4.52. The Hall–Kier alpha value is -2.64. The second kappa shape index (κ2) is 6.46. The van der Waals surface area contributed by atoms with Crippen molar-refractivity contribution in [3.8, 4) is 5.75 Å². The molecular formula is C16H14F3N3O2. The Kier molecular flexibility index (Phi) is 4.37. The van der Waals surface area contributed by atoms with E-state index in [9.17, 15) is 18.0 Å². The second-order valence-corrected chi connectivity index (χ2v) is 5.39. The molecule has 1 aliphatic rings. The number of halogens is 3. The quantitative estimate of drug-likeness (QED) is 0.864. The number of pyridine rings is 2. The third kappa shape index (κ3) is 3.64.